The molecule has 0 saturated carbocycles. The molecule has 0 amide bonds. The van der Waals surface area contributed by atoms with E-state index in [-0.39, 0.29) is 0 Å². The summed E-state index contributed by atoms with van der Waals surface area (Å²) in [5, 5.41) is 18.1. The van der Waals surface area contributed by atoms with E-state index < -0.39 is 12.1 Å². The summed E-state index contributed by atoms with van der Waals surface area (Å²) in [6, 6.07) is 6.67. The first kappa shape index (κ1) is 15.1. The van der Waals surface area contributed by atoms with Gasteiger partial charge in [-0.2, -0.15) is 0 Å². The first-order chi connectivity index (χ1) is 8.60. The second-order valence-corrected chi connectivity index (χ2v) is 4.45. The van der Waals surface area contributed by atoms with Gasteiger partial charge in [0.15, 0.2) is 6.10 Å². The van der Waals surface area contributed by atoms with E-state index in [1.165, 1.54) is 0 Å². The molecule has 0 radical (unpaired) electrons. The zero-order valence-corrected chi connectivity index (χ0v) is 11.2. The number of carboxylic acid groups (broad SMARTS) is 1. The van der Waals surface area contributed by atoms with E-state index in [4.69, 9.17) is 28.3 Å². The first-order valence-corrected chi connectivity index (χ1v) is 6.54. The molecule has 6 heteroatoms. The third-order valence-corrected chi connectivity index (χ3v) is 2.85. The van der Waals surface area contributed by atoms with Crippen molar-refractivity contribution in [3.8, 4) is 0 Å². The first-order valence-electron chi connectivity index (χ1n) is 5.48. The normalized spacial score (nSPS) is 12.2. The lowest BCUT2D eigenvalue weighted by atomic mass is 10.1. The lowest BCUT2D eigenvalue weighted by Crippen LogP contribution is -2.27. The molecule has 1 atom stereocenters. The number of carbonyl (C=O) groups is 1. The fraction of sp³-hybridized carbons (Fsp3) is 0.417. The molecule has 1 rings (SSSR count). The van der Waals surface area contributed by atoms with Crippen LogP contribution < -0.4 is 4.90 Å². The van der Waals surface area contributed by atoms with Crippen LogP contribution in [0.3, 0.4) is 0 Å². The van der Waals surface area contributed by atoms with Crippen molar-refractivity contribution >= 4 is 34.9 Å². The standard InChI is InChI=1S/C12H15Cl2NO3/c13-5-7-15(8-6-14)10-3-1-9(2-4-10)11(16)12(17)18/h1-4,11,16H,5-8H2,(H,17,18)/t11-/m0/s1. The predicted molar refractivity (Wildman–Crippen MR) is 72.7 cm³/mol. The minimum Gasteiger partial charge on any atom is -0.479 e. The van der Waals surface area contributed by atoms with Crippen molar-refractivity contribution in [2.45, 2.75) is 6.10 Å². The quantitative estimate of drug-likeness (QED) is 0.755. The van der Waals surface area contributed by atoms with Gasteiger partial charge in [-0.1, -0.05) is 12.1 Å². The number of nitrogens with zero attached hydrogens (tertiary/aromatic N) is 1. The summed E-state index contributed by atoms with van der Waals surface area (Å²) in [6.45, 7) is 1.32. The van der Waals surface area contributed by atoms with E-state index in [1.807, 2.05) is 4.90 Å². The van der Waals surface area contributed by atoms with Crippen LogP contribution in [0.2, 0.25) is 0 Å². The molecule has 2 N–H and O–H groups in total. The summed E-state index contributed by atoms with van der Waals surface area (Å²) < 4.78 is 0. The maximum Gasteiger partial charge on any atom is 0.337 e. The highest BCUT2D eigenvalue weighted by Crippen LogP contribution is 2.19. The van der Waals surface area contributed by atoms with Gasteiger partial charge in [-0.25, -0.2) is 4.79 Å². The minimum absolute atomic E-state index is 0.350. The lowest BCUT2D eigenvalue weighted by molar-refractivity contribution is -0.146. The molecule has 0 aliphatic carbocycles. The number of aliphatic hydroxyl groups excluding tert-OH is 1. The molecule has 0 fully saturated rings. The van der Waals surface area contributed by atoms with Gasteiger partial charge in [0, 0.05) is 30.5 Å². The maximum atomic E-state index is 10.6. The topological polar surface area (TPSA) is 60.8 Å². The molecule has 0 unspecified atom stereocenters. The molecule has 4 nitrogen and oxygen atoms in total. The predicted octanol–water partition coefficient (Wildman–Crippen LogP) is 2.09. The Morgan fingerprint density at radius 1 is 1.17 bits per heavy atom. The van der Waals surface area contributed by atoms with E-state index in [1.54, 1.807) is 24.3 Å². The van der Waals surface area contributed by atoms with Gasteiger partial charge in [-0.3, -0.25) is 0 Å². The summed E-state index contributed by atoms with van der Waals surface area (Å²) in [5.41, 5.74) is 1.25. The van der Waals surface area contributed by atoms with Gasteiger partial charge in [-0.05, 0) is 17.7 Å². The second-order valence-electron chi connectivity index (χ2n) is 3.70. The maximum absolute atomic E-state index is 10.6. The van der Waals surface area contributed by atoms with E-state index in [0.717, 1.165) is 5.69 Å². The molecule has 1 aromatic rings. The van der Waals surface area contributed by atoms with Crippen LogP contribution in [0.1, 0.15) is 11.7 Å². The summed E-state index contributed by atoms with van der Waals surface area (Å²) >= 11 is 11.4. The van der Waals surface area contributed by atoms with E-state index in [0.29, 0.717) is 30.4 Å². The molecule has 0 saturated heterocycles. The van der Waals surface area contributed by atoms with Crippen LogP contribution in [-0.4, -0.2) is 41.0 Å². The molecule has 100 valence electrons. The number of aliphatic carboxylic acids is 1. The molecule has 0 heterocycles. The Labute approximate surface area is 116 Å². The third kappa shape index (κ3) is 4.05. The molecular formula is C12H15Cl2NO3. The Kier molecular flexibility index (Phi) is 6.25. The minimum atomic E-state index is -1.49. The largest absolute Gasteiger partial charge is 0.479 e. The molecule has 0 spiro atoms. The number of anilines is 1. The third-order valence-electron chi connectivity index (χ3n) is 2.52. The lowest BCUT2D eigenvalue weighted by Gasteiger charge is -2.23. The van der Waals surface area contributed by atoms with Crippen molar-refractivity contribution in [1.29, 1.82) is 0 Å². The van der Waals surface area contributed by atoms with E-state index in [9.17, 15) is 9.90 Å². The van der Waals surface area contributed by atoms with Gasteiger partial charge in [0.1, 0.15) is 0 Å². The monoisotopic (exact) mass is 291 g/mol. The summed E-state index contributed by atoms with van der Waals surface area (Å²) in [7, 11) is 0. The Balaban J connectivity index is 2.82. The number of alkyl halides is 2. The van der Waals surface area contributed by atoms with Gasteiger partial charge in [0.2, 0.25) is 0 Å². The van der Waals surface area contributed by atoms with E-state index >= 15 is 0 Å². The number of hydrogen-bond donors (Lipinski definition) is 2. The van der Waals surface area contributed by atoms with Crippen molar-refractivity contribution in [2.75, 3.05) is 29.7 Å². The Hall–Kier alpha value is -0.970. The molecule has 0 aliphatic heterocycles. The average Bonchev–Trinajstić information content (AvgIpc) is 2.38. The Morgan fingerprint density at radius 2 is 1.67 bits per heavy atom. The highest BCUT2D eigenvalue weighted by atomic mass is 35.5. The van der Waals surface area contributed by atoms with Crippen LogP contribution >= 0.6 is 23.2 Å². The number of carboxylic acids is 1. The molecule has 0 bridgehead atoms. The Morgan fingerprint density at radius 3 is 2.06 bits per heavy atom. The second kappa shape index (κ2) is 7.46. The zero-order valence-electron chi connectivity index (χ0n) is 9.72. The van der Waals surface area contributed by atoms with Crippen LogP contribution in [0.15, 0.2) is 24.3 Å². The molecular weight excluding hydrogens is 277 g/mol. The number of hydrogen-bond acceptors (Lipinski definition) is 3. The van der Waals surface area contributed by atoms with Crippen LogP contribution in [0.5, 0.6) is 0 Å². The average molecular weight is 292 g/mol. The van der Waals surface area contributed by atoms with Crippen LogP contribution in [0.25, 0.3) is 0 Å². The smallest absolute Gasteiger partial charge is 0.337 e. The highest BCUT2D eigenvalue weighted by Gasteiger charge is 2.15. The molecule has 0 aliphatic rings. The molecule has 1 aromatic carbocycles. The van der Waals surface area contributed by atoms with Crippen LogP contribution in [0, 0.1) is 0 Å². The van der Waals surface area contributed by atoms with Crippen molar-refractivity contribution in [2.24, 2.45) is 0 Å². The van der Waals surface area contributed by atoms with Crippen molar-refractivity contribution < 1.29 is 15.0 Å². The van der Waals surface area contributed by atoms with Gasteiger partial charge in [0.25, 0.3) is 0 Å². The van der Waals surface area contributed by atoms with Crippen molar-refractivity contribution in [1.82, 2.24) is 0 Å². The number of benzene rings is 1. The van der Waals surface area contributed by atoms with E-state index in [2.05, 4.69) is 0 Å². The van der Waals surface area contributed by atoms with Gasteiger partial charge in [0.05, 0.1) is 0 Å². The SMILES string of the molecule is O=C(O)[C@@H](O)c1ccc(N(CCCl)CCCl)cc1. The van der Waals surface area contributed by atoms with Crippen LogP contribution in [-0.2, 0) is 4.79 Å². The number of halogens is 2. The molecule has 0 aromatic heterocycles. The summed E-state index contributed by atoms with van der Waals surface area (Å²) in [4.78, 5) is 12.6. The molecule has 18 heavy (non-hydrogen) atoms. The van der Waals surface area contributed by atoms with Gasteiger partial charge in [-0.15, -0.1) is 23.2 Å². The fourth-order valence-electron chi connectivity index (χ4n) is 1.58. The zero-order chi connectivity index (χ0) is 13.5. The van der Waals surface area contributed by atoms with Gasteiger partial charge >= 0.3 is 5.97 Å². The number of rotatable bonds is 7. The van der Waals surface area contributed by atoms with Crippen LogP contribution in [0.4, 0.5) is 5.69 Å². The Bertz CT molecular complexity index is 377. The summed E-state index contributed by atoms with van der Waals surface area (Å²) in [5.74, 6) is -0.298. The fourth-order valence-corrected chi connectivity index (χ4v) is 1.99. The number of aliphatic hydroxyl groups is 1. The highest BCUT2D eigenvalue weighted by molar-refractivity contribution is 6.18. The van der Waals surface area contributed by atoms with Gasteiger partial charge < -0.3 is 15.1 Å². The van der Waals surface area contributed by atoms with Crippen molar-refractivity contribution in [3.05, 3.63) is 29.8 Å². The van der Waals surface area contributed by atoms with Crippen molar-refractivity contribution in [3.63, 3.8) is 0 Å². The summed E-state index contributed by atoms with van der Waals surface area (Å²) in [6.07, 6.45) is -1.49.